The number of hydrogen-bond acceptors (Lipinski definition) is 8. The van der Waals surface area contributed by atoms with E-state index in [4.69, 9.17) is 14.2 Å². The summed E-state index contributed by atoms with van der Waals surface area (Å²) in [5.41, 5.74) is 0.233. The van der Waals surface area contributed by atoms with E-state index in [0.29, 0.717) is 0 Å². The van der Waals surface area contributed by atoms with Crippen molar-refractivity contribution < 1.29 is 33.4 Å². The van der Waals surface area contributed by atoms with Crippen LogP contribution in [0.1, 0.15) is 38.8 Å². The Bertz CT molecular complexity index is 841. The van der Waals surface area contributed by atoms with Gasteiger partial charge in [0, 0.05) is 39.0 Å². The van der Waals surface area contributed by atoms with E-state index in [-0.39, 0.29) is 69.7 Å². The minimum atomic E-state index is -0.572. The lowest BCUT2D eigenvalue weighted by Crippen LogP contribution is -2.37. The first kappa shape index (κ1) is 27.2. The molecule has 0 unspecified atom stereocenters. The van der Waals surface area contributed by atoms with E-state index in [9.17, 15) is 19.2 Å². The molecule has 0 saturated carbocycles. The summed E-state index contributed by atoms with van der Waals surface area (Å²) in [4.78, 5) is 53.8. The Hall–Kier alpha value is -3.05. The van der Waals surface area contributed by atoms with Gasteiger partial charge in [-0.15, -0.1) is 0 Å². The molecule has 0 radical (unpaired) electrons. The van der Waals surface area contributed by atoms with Gasteiger partial charge in [-0.3, -0.25) is 19.4 Å². The van der Waals surface area contributed by atoms with E-state index in [1.165, 1.54) is 0 Å². The third-order valence-corrected chi connectivity index (χ3v) is 4.94. The van der Waals surface area contributed by atoms with Crippen LogP contribution in [0.2, 0.25) is 0 Å². The zero-order chi connectivity index (χ0) is 25.1. The van der Waals surface area contributed by atoms with Crippen molar-refractivity contribution in [2.24, 2.45) is 5.92 Å². The van der Waals surface area contributed by atoms with Crippen LogP contribution in [0.3, 0.4) is 0 Å². The summed E-state index contributed by atoms with van der Waals surface area (Å²) in [7, 11) is 1.68. The van der Waals surface area contributed by atoms with E-state index in [1.54, 1.807) is 51.2 Å². The van der Waals surface area contributed by atoms with Crippen LogP contribution >= 0.6 is 0 Å². The first-order valence-corrected chi connectivity index (χ1v) is 11.2. The molecule has 2 heterocycles. The van der Waals surface area contributed by atoms with E-state index in [2.05, 4.69) is 15.6 Å². The van der Waals surface area contributed by atoms with Gasteiger partial charge in [0.05, 0.1) is 25.2 Å². The van der Waals surface area contributed by atoms with Crippen molar-refractivity contribution in [3.8, 4) is 0 Å². The number of carbonyl (C=O) groups excluding carboxylic acids is 4. The number of ether oxygens (including phenoxy) is 3. The summed E-state index contributed by atoms with van der Waals surface area (Å²) in [6.45, 7) is 5.67. The molecule has 11 nitrogen and oxygen atoms in total. The number of nitrogens with zero attached hydrogens (tertiary/aromatic N) is 2. The maximum atomic E-state index is 12.7. The van der Waals surface area contributed by atoms with E-state index >= 15 is 0 Å². The molecule has 1 fully saturated rings. The molecule has 11 heteroatoms. The lowest BCUT2D eigenvalue weighted by Gasteiger charge is -2.24. The fourth-order valence-corrected chi connectivity index (χ4v) is 3.49. The Balaban J connectivity index is 1.59. The highest BCUT2D eigenvalue weighted by molar-refractivity contribution is 5.90. The highest BCUT2D eigenvalue weighted by Gasteiger charge is 2.42. The van der Waals surface area contributed by atoms with Gasteiger partial charge in [-0.25, -0.2) is 4.79 Å². The molecule has 1 aromatic rings. The Kier molecular flexibility index (Phi) is 10.4. The first-order valence-electron chi connectivity index (χ1n) is 11.2. The molecule has 34 heavy (non-hydrogen) atoms. The van der Waals surface area contributed by atoms with Crippen LogP contribution in [0, 0.1) is 5.92 Å². The predicted octanol–water partition coefficient (Wildman–Crippen LogP) is 0.208. The second-order valence-corrected chi connectivity index (χ2v) is 8.88. The SMILES string of the molecule is CN1C(=O)C[C@H](C(=O)NCCOCC(=O)NCCOCC(=O)OC(C)(C)C)[C@H]1c1cccnc1. The Morgan fingerprint density at radius 2 is 1.79 bits per heavy atom. The topological polar surface area (TPSA) is 136 Å². The predicted molar refractivity (Wildman–Crippen MR) is 121 cm³/mol. The van der Waals surface area contributed by atoms with Crippen molar-refractivity contribution in [1.29, 1.82) is 0 Å². The number of esters is 1. The maximum Gasteiger partial charge on any atom is 0.332 e. The van der Waals surface area contributed by atoms with Crippen LogP contribution in [0.15, 0.2) is 24.5 Å². The van der Waals surface area contributed by atoms with Crippen LogP contribution in [-0.4, -0.2) is 85.7 Å². The standard InChI is InChI=1S/C23H34N4O7/c1-23(2,3)34-20(30)15-33-10-8-25-18(28)14-32-11-9-26-22(31)17-12-19(29)27(4)21(17)16-6-5-7-24-13-16/h5-7,13,17,21H,8-12,14-15H2,1-4H3,(H,25,28)(H,26,31)/t17-,21+/m0/s1. The van der Waals surface area contributed by atoms with Crippen molar-refractivity contribution in [1.82, 2.24) is 20.5 Å². The highest BCUT2D eigenvalue weighted by atomic mass is 16.6. The summed E-state index contributed by atoms with van der Waals surface area (Å²) in [6, 6.07) is 3.25. The van der Waals surface area contributed by atoms with Gasteiger partial charge in [0.25, 0.3) is 0 Å². The van der Waals surface area contributed by atoms with E-state index in [0.717, 1.165) is 5.56 Å². The summed E-state index contributed by atoms with van der Waals surface area (Å²) in [5.74, 6) is -1.68. The molecule has 2 rings (SSSR count). The number of pyridine rings is 1. The van der Waals surface area contributed by atoms with Crippen LogP contribution < -0.4 is 10.6 Å². The molecule has 0 spiro atoms. The Morgan fingerprint density at radius 1 is 1.12 bits per heavy atom. The van der Waals surface area contributed by atoms with Gasteiger partial charge >= 0.3 is 5.97 Å². The average molecular weight is 479 g/mol. The molecule has 1 aliphatic heterocycles. The summed E-state index contributed by atoms with van der Waals surface area (Å²) in [6.07, 6.45) is 3.42. The molecule has 0 bridgehead atoms. The molecular formula is C23H34N4O7. The summed E-state index contributed by atoms with van der Waals surface area (Å²) < 4.78 is 15.5. The quantitative estimate of drug-likeness (QED) is 0.321. The molecule has 2 N–H and O–H groups in total. The van der Waals surface area contributed by atoms with Gasteiger partial charge in [-0.1, -0.05) is 6.07 Å². The average Bonchev–Trinajstić information content (AvgIpc) is 3.07. The van der Waals surface area contributed by atoms with Crippen LogP contribution in [0.4, 0.5) is 0 Å². The molecule has 1 saturated heterocycles. The fraction of sp³-hybridized carbons (Fsp3) is 0.609. The van der Waals surface area contributed by atoms with Crippen LogP contribution in [-0.2, 0) is 33.4 Å². The normalized spacial score (nSPS) is 18.0. The van der Waals surface area contributed by atoms with Crippen molar-refractivity contribution in [3.05, 3.63) is 30.1 Å². The van der Waals surface area contributed by atoms with E-state index < -0.39 is 17.5 Å². The maximum absolute atomic E-state index is 12.7. The number of amides is 3. The van der Waals surface area contributed by atoms with Gasteiger partial charge in [-0.05, 0) is 32.4 Å². The second-order valence-electron chi connectivity index (χ2n) is 8.88. The minimum absolute atomic E-state index is 0.100. The zero-order valence-corrected chi connectivity index (χ0v) is 20.2. The molecule has 2 atom stereocenters. The monoisotopic (exact) mass is 478 g/mol. The number of hydrogen-bond donors (Lipinski definition) is 2. The van der Waals surface area contributed by atoms with Gasteiger partial charge < -0.3 is 29.7 Å². The zero-order valence-electron chi connectivity index (χ0n) is 20.2. The highest BCUT2D eigenvalue weighted by Crippen LogP contribution is 2.36. The van der Waals surface area contributed by atoms with Crippen LogP contribution in [0.5, 0.6) is 0 Å². The Morgan fingerprint density at radius 3 is 2.44 bits per heavy atom. The van der Waals surface area contributed by atoms with Crippen molar-refractivity contribution >= 4 is 23.7 Å². The second kappa shape index (κ2) is 13.0. The van der Waals surface area contributed by atoms with Gasteiger partial charge in [-0.2, -0.15) is 0 Å². The molecule has 1 aromatic heterocycles. The molecule has 188 valence electrons. The van der Waals surface area contributed by atoms with Crippen LogP contribution in [0.25, 0.3) is 0 Å². The van der Waals surface area contributed by atoms with Crippen molar-refractivity contribution in [3.63, 3.8) is 0 Å². The number of carbonyl (C=O) groups is 4. The summed E-state index contributed by atoms with van der Waals surface area (Å²) in [5, 5.41) is 5.37. The molecule has 3 amide bonds. The molecule has 0 aromatic carbocycles. The third-order valence-electron chi connectivity index (χ3n) is 4.94. The number of aromatic nitrogens is 1. The summed E-state index contributed by atoms with van der Waals surface area (Å²) >= 11 is 0. The number of rotatable bonds is 12. The van der Waals surface area contributed by atoms with E-state index in [1.807, 2.05) is 6.07 Å². The van der Waals surface area contributed by atoms with Gasteiger partial charge in [0.2, 0.25) is 17.7 Å². The van der Waals surface area contributed by atoms with Gasteiger partial charge in [0.15, 0.2) is 0 Å². The van der Waals surface area contributed by atoms with Crippen molar-refractivity contribution in [2.75, 3.05) is 46.6 Å². The minimum Gasteiger partial charge on any atom is -0.458 e. The number of nitrogens with one attached hydrogen (secondary N) is 2. The first-order chi connectivity index (χ1) is 16.1. The van der Waals surface area contributed by atoms with Gasteiger partial charge in [0.1, 0.15) is 18.8 Å². The molecule has 1 aliphatic rings. The fourth-order valence-electron chi connectivity index (χ4n) is 3.49. The van der Waals surface area contributed by atoms with Crippen molar-refractivity contribution in [2.45, 2.75) is 38.8 Å². The molecule has 0 aliphatic carbocycles. The third kappa shape index (κ3) is 9.06. The molecular weight excluding hydrogens is 444 g/mol. The smallest absolute Gasteiger partial charge is 0.332 e. The largest absolute Gasteiger partial charge is 0.458 e. The lowest BCUT2D eigenvalue weighted by molar-refractivity contribution is -0.160. The Labute approximate surface area is 199 Å². The number of likely N-dealkylation sites (tertiary alicyclic amines) is 1. The lowest BCUT2D eigenvalue weighted by atomic mass is 9.94.